The number of hydrogen-bond donors (Lipinski definition) is 2. The Hall–Kier alpha value is -3.00. The van der Waals surface area contributed by atoms with E-state index in [9.17, 15) is 4.79 Å². The van der Waals surface area contributed by atoms with Crippen LogP contribution in [0, 0.1) is 0 Å². The van der Waals surface area contributed by atoms with Crippen molar-refractivity contribution in [3.05, 3.63) is 94.0 Å². The molecule has 3 aromatic carbocycles. The summed E-state index contributed by atoms with van der Waals surface area (Å²) in [6, 6.07) is 22.2. The number of rotatable bonds is 8. The van der Waals surface area contributed by atoms with E-state index in [1.165, 1.54) is 11.8 Å². The molecule has 0 fully saturated rings. The molecule has 0 aliphatic heterocycles. The highest BCUT2D eigenvalue weighted by Crippen LogP contribution is 2.31. The summed E-state index contributed by atoms with van der Waals surface area (Å²) < 4.78 is 5.37. The third-order valence-corrected chi connectivity index (χ3v) is 6.19. The lowest BCUT2D eigenvalue weighted by Gasteiger charge is -2.20. The zero-order chi connectivity index (χ0) is 23.2. The number of halogens is 2. The predicted octanol–water partition coefficient (Wildman–Crippen LogP) is 5.79. The number of thioether (sulfide) groups is 1. The molecule has 0 aliphatic rings. The topological polar surface area (TPSA) is 79.9 Å². The Labute approximate surface area is 205 Å². The molecule has 4 aromatic rings. The van der Waals surface area contributed by atoms with Crippen molar-refractivity contribution in [2.45, 2.75) is 11.2 Å². The molecular formula is C24H20Cl2N4O2S. The number of aromatic nitrogens is 3. The second-order valence-electron chi connectivity index (χ2n) is 7.06. The summed E-state index contributed by atoms with van der Waals surface area (Å²) in [5, 5.41) is 11.8. The van der Waals surface area contributed by atoms with Gasteiger partial charge >= 0.3 is 0 Å². The third kappa shape index (κ3) is 5.87. The van der Waals surface area contributed by atoms with Crippen LogP contribution in [0.3, 0.4) is 0 Å². The highest BCUT2D eigenvalue weighted by atomic mass is 35.5. The number of carbonyl (C=O) groups is 1. The largest absolute Gasteiger partial charge is 0.496 e. The van der Waals surface area contributed by atoms with E-state index >= 15 is 0 Å². The Kier molecular flexibility index (Phi) is 7.54. The summed E-state index contributed by atoms with van der Waals surface area (Å²) >= 11 is 13.4. The third-order valence-electron chi connectivity index (χ3n) is 4.86. The minimum absolute atomic E-state index is 0.143. The normalized spacial score (nSPS) is 11.7. The van der Waals surface area contributed by atoms with Crippen molar-refractivity contribution in [3.8, 4) is 17.1 Å². The Bertz CT molecular complexity index is 1230. The van der Waals surface area contributed by atoms with Crippen LogP contribution in [0.4, 0.5) is 0 Å². The maximum atomic E-state index is 12.8. The van der Waals surface area contributed by atoms with Crippen LogP contribution in [-0.2, 0) is 4.79 Å². The average Bonchev–Trinajstić information content (AvgIpc) is 3.31. The predicted molar refractivity (Wildman–Crippen MR) is 132 cm³/mol. The molecule has 9 heteroatoms. The lowest BCUT2D eigenvalue weighted by Crippen LogP contribution is -2.30. The van der Waals surface area contributed by atoms with E-state index in [-0.39, 0.29) is 17.7 Å². The molecular weight excluding hydrogens is 479 g/mol. The molecule has 168 valence electrons. The zero-order valence-electron chi connectivity index (χ0n) is 17.6. The van der Waals surface area contributed by atoms with Crippen LogP contribution in [-0.4, -0.2) is 34.0 Å². The monoisotopic (exact) mass is 498 g/mol. The van der Waals surface area contributed by atoms with Crippen LogP contribution in [0.2, 0.25) is 10.0 Å². The van der Waals surface area contributed by atoms with Gasteiger partial charge in [0.1, 0.15) is 5.75 Å². The number of methoxy groups -OCH3 is 1. The number of carbonyl (C=O) groups excluding carboxylic acids is 1. The van der Waals surface area contributed by atoms with E-state index in [0.717, 1.165) is 11.1 Å². The first kappa shape index (κ1) is 23.2. The lowest BCUT2D eigenvalue weighted by molar-refractivity contribution is -0.119. The number of ether oxygens (including phenoxy) is 1. The SMILES string of the molecule is COc1ccc(Cl)cc1-c1nc(SCC(=O)NC(c2ccccc2)c2ccc(Cl)cc2)n[nH]1. The van der Waals surface area contributed by atoms with Crippen LogP contribution in [0.1, 0.15) is 17.2 Å². The fourth-order valence-corrected chi connectivity index (χ4v) is 4.20. The van der Waals surface area contributed by atoms with Gasteiger partial charge in [0.2, 0.25) is 11.1 Å². The molecule has 4 rings (SSSR count). The summed E-state index contributed by atoms with van der Waals surface area (Å²) in [5.41, 5.74) is 2.62. The average molecular weight is 499 g/mol. The van der Waals surface area contributed by atoms with E-state index in [2.05, 4.69) is 20.5 Å². The van der Waals surface area contributed by atoms with E-state index in [0.29, 0.717) is 32.3 Å². The maximum Gasteiger partial charge on any atom is 0.231 e. The van der Waals surface area contributed by atoms with Gasteiger partial charge in [0, 0.05) is 10.0 Å². The van der Waals surface area contributed by atoms with Crippen molar-refractivity contribution in [2.24, 2.45) is 0 Å². The Morgan fingerprint density at radius 2 is 1.73 bits per heavy atom. The van der Waals surface area contributed by atoms with E-state index in [1.807, 2.05) is 54.6 Å². The summed E-state index contributed by atoms with van der Waals surface area (Å²) in [4.78, 5) is 17.3. The first-order valence-corrected chi connectivity index (χ1v) is 11.8. The molecule has 33 heavy (non-hydrogen) atoms. The number of H-pyrrole nitrogens is 1. The van der Waals surface area contributed by atoms with Gasteiger partial charge in [0.15, 0.2) is 5.82 Å². The highest BCUT2D eigenvalue weighted by Gasteiger charge is 2.18. The number of aromatic amines is 1. The molecule has 1 amide bonds. The molecule has 0 saturated carbocycles. The van der Waals surface area contributed by atoms with Gasteiger partial charge in [0.25, 0.3) is 0 Å². The molecule has 0 aliphatic carbocycles. The number of nitrogens with zero attached hydrogens (tertiary/aromatic N) is 2. The lowest BCUT2D eigenvalue weighted by atomic mass is 9.99. The van der Waals surface area contributed by atoms with Crippen LogP contribution in [0.5, 0.6) is 5.75 Å². The zero-order valence-corrected chi connectivity index (χ0v) is 19.9. The first-order valence-electron chi connectivity index (χ1n) is 10.0. The quantitative estimate of drug-likeness (QED) is 0.300. The Morgan fingerprint density at radius 3 is 2.45 bits per heavy atom. The van der Waals surface area contributed by atoms with E-state index in [1.54, 1.807) is 25.3 Å². The van der Waals surface area contributed by atoms with Crippen LogP contribution >= 0.6 is 35.0 Å². The van der Waals surface area contributed by atoms with E-state index < -0.39 is 0 Å². The van der Waals surface area contributed by atoms with Crippen LogP contribution in [0.15, 0.2) is 78.0 Å². The van der Waals surface area contributed by atoms with Gasteiger partial charge in [-0.3, -0.25) is 9.89 Å². The number of benzene rings is 3. The fraction of sp³-hybridized carbons (Fsp3) is 0.125. The van der Waals surface area contributed by atoms with Crippen LogP contribution in [0.25, 0.3) is 11.4 Å². The van der Waals surface area contributed by atoms with Crippen molar-refractivity contribution in [2.75, 3.05) is 12.9 Å². The van der Waals surface area contributed by atoms with Gasteiger partial charge < -0.3 is 10.1 Å². The van der Waals surface area contributed by atoms with Crippen molar-refractivity contribution in [1.82, 2.24) is 20.5 Å². The molecule has 0 spiro atoms. The molecule has 6 nitrogen and oxygen atoms in total. The van der Waals surface area contributed by atoms with Gasteiger partial charge in [-0.15, -0.1) is 5.10 Å². The van der Waals surface area contributed by atoms with Gasteiger partial charge in [-0.25, -0.2) is 4.98 Å². The minimum atomic E-state index is -0.296. The van der Waals surface area contributed by atoms with Gasteiger partial charge in [-0.1, -0.05) is 77.4 Å². The molecule has 1 atom stereocenters. The smallest absolute Gasteiger partial charge is 0.231 e. The number of amides is 1. The highest BCUT2D eigenvalue weighted by molar-refractivity contribution is 7.99. The van der Waals surface area contributed by atoms with Gasteiger partial charge in [0.05, 0.1) is 24.5 Å². The second-order valence-corrected chi connectivity index (χ2v) is 8.88. The van der Waals surface area contributed by atoms with E-state index in [4.69, 9.17) is 27.9 Å². The van der Waals surface area contributed by atoms with Gasteiger partial charge in [-0.2, -0.15) is 0 Å². The Morgan fingerprint density at radius 1 is 1.03 bits per heavy atom. The van der Waals surface area contributed by atoms with Crippen molar-refractivity contribution in [3.63, 3.8) is 0 Å². The van der Waals surface area contributed by atoms with Crippen molar-refractivity contribution in [1.29, 1.82) is 0 Å². The number of nitrogens with one attached hydrogen (secondary N) is 2. The van der Waals surface area contributed by atoms with Gasteiger partial charge in [-0.05, 0) is 41.5 Å². The summed E-state index contributed by atoms with van der Waals surface area (Å²) in [5.74, 6) is 1.15. The Balaban J connectivity index is 1.45. The first-order chi connectivity index (χ1) is 16.0. The molecule has 0 radical (unpaired) electrons. The molecule has 0 bridgehead atoms. The standard InChI is InChI=1S/C24H20Cl2N4O2S/c1-32-20-12-11-18(26)13-19(20)23-28-24(30-29-23)33-14-21(31)27-22(15-5-3-2-4-6-15)16-7-9-17(25)10-8-16/h2-13,22H,14H2,1H3,(H,27,31)(H,28,29,30). The fourth-order valence-electron chi connectivity index (χ4n) is 3.29. The maximum absolute atomic E-state index is 12.8. The molecule has 2 N–H and O–H groups in total. The minimum Gasteiger partial charge on any atom is -0.496 e. The summed E-state index contributed by atoms with van der Waals surface area (Å²) in [7, 11) is 1.58. The summed E-state index contributed by atoms with van der Waals surface area (Å²) in [6.07, 6.45) is 0. The second kappa shape index (κ2) is 10.7. The van der Waals surface area contributed by atoms with Crippen LogP contribution < -0.4 is 10.1 Å². The molecule has 1 aromatic heterocycles. The van der Waals surface area contributed by atoms with Crippen molar-refractivity contribution < 1.29 is 9.53 Å². The summed E-state index contributed by atoms with van der Waals surface area (Å²) in [6.45, 7) is 0. The molecule has 1 unspecified atom stereocenters. The van der Waals surface area contributed by atoms with Crippen molar-refractivity contribution >= 4 is 40.9 Å². The molecule has 0 saturated heterocycles. The number of hydrogen-bond acceptors (Lipinski definition) is 5. The molecule has 1 heterocycles.